The number of benzene rings is 2. The van der Waals surface area contributed by atoms with Gasteiger partial charge in [0.1, 0.15) is 24.2 Å². The van der Waals surface area contributed by atoms with E-state index in [0.29, 0.717) is 17.9 Å². The zero-order valence-corrected chi connectivity index (χ0v) is 20.0. The van der Waals surface area contributed by atoms with Crippen molar-refractivity contribution in [3.05, 3.63) is 83.6 Å². The van der Waals surface area contributed by atoms with Crippen LogP contribution in [0.5, 0.6) is 0 Å². The van der Waals surface area contributed by atoms with Gasteiger partial charge in [-0.05, 0) is 36.1 Å². The second kappa shape index (κ2) is 11.1. The van der Waals surface area contributed by atoms with Gasteiger partial charge >= 0.3 is 0 Å². The summed E-state index contributed by atoms with van der Waals surface area (Å²) in [7, 11) is 0. The quantitative estimate of drug-likeness (QED) is 0.451. The number of carbonyl (C=O) groups is 1. The van der Waals surface area contributed by atoms with Crippen molar-refractivity contribution in [1.29, 1.82) is 5.26 Å². The number of nitriles is 1. The maximum Gasteiger partial charge on any atom is 0.215 e. The molecule has 0 bridgehead atoms. The lowest BCUT2D eigenvalue weighted by Gasteiger charge is -2.39. The van der Waals surface area contributed by atoms with E-state index < -0.39 is 0 Å². The Morgan fingerprint density at radius 2 is 1.82 bits per heavy atom. The first-order valence-corrected chi connectivity index (χ1v) is 12.1. The van der Waals surface area contributed by atoms with Crippen LogP contribution in [0, 0.1) is 17.2 Å². The van der Waals surface area contributed by atoms with Crippen molar-refractivity contribution in [2.24, 2.45) is 5.92 Å². The molecule has 0 N–H and O–H groups in total. The summed E-state index contributed by atoms with van der Waals surface area (Å²) >= 11 is 0. The van der Waals surface area contributed by atoms with E-state index in [1.165, 1.54) is 0 Å². The Morgan fingerprint density at radius 1 is 1.09 bits per heavy atom. The van der Waals surface area contributed by atoms with E-state index in [4.69, 9.17) is 4.42 Å². The number of hydrogen-bond acceptors (Lipinski definition) is 6. The molecule has 1 aliphatic rings. The van der Waals surface area contributed by atoms with E-state index in [0.717, 1.165) is 55.8 Å². The lowest BCUT2D eigenvalue weighted by Crippen LogP contribution is -2.48. The molecule has 0 radical (unpaired) electrons. The highest BCUT2D eigenvalue weighted by molar-refractivity contribution is 5.83. The predicted octanol–water partition coefficient (Wildman–Crippen LogP) is 5.01. The first-order chi connectivity index (χ1) is 16.6. The van der Waals surface area contributed by atoms with Gasteiger partial charge in [0.25, 0.3) is 0 Å². The third-order valence-electron chi connectivity index (χ3n) is 6.82. The number of carbonyl (C=O) groups excluding carboxylic acids is 1. The van der Waals surface area contributed by atoms with Gasteiger partial charge in [0.15, 0.2) is 0 Å². The number of rotatable bonds is 9. The fourth-order valence-electron chi connectivity index (χ4n) is 4.88. The highest BCUT2D eigenvalue weighted by Crippen LogP contribution is 2.30. The SMILES string of the molecule is CCC(CC)C(=O)Cc1ccc(N2CCN(C(c3ccccc3)c3ncco3)CC2)c(C#N)c1. The van der Waals surface area contributed by atoms with Gasteiger partial charge in [0.05, 0.1) is 17.4 Å². The molecule has 2 aromatic carbocycles. The predicted molar refractivity (Wildman–Crippen MR) is 133 cm³/mol. The summed E-state index contributed by atoms with van der Waals surface area (Å²) in [6.07, 6.45) is 5.43. The largest absolute Gasteiger partial charge is 0.447 e. The van der Waals surface area contributed by atoms with Gasteiger partial charge in [-0.25, -0.2) is 4.98 Å². The molecule has 1 aromatic heterocycles. The van der Waals surface area contributed by atoms with Crippen molar-refractivity contribution in [2.75, 3.05) is 31.1 Å². The first-order valence-electron chi connectivity index (χ1n) is 12.1. The standard InChI is InChI=1S/C28H32N4O2/c1-3-22(4-2)26(33)19-21-10-11-25(24(18-21)20-29)31-13-15-32(16-14-31)27(28-30-12-17-34-28)23-8-6-5-7-9-23/h5-12,17-18,22,27H,3-4,13-16,19H2,1-2H3. The average Bonchev–Trinajstić information content (AvgIpc) is 3.40. The topological polar surface area (TPSA) is 73.4 Å². The van der Waals surface area contributed by atoms with Crippen molar-refractivity contribution in [1.82, 2.24) is 9.88 Å². The molecule has 1 aliphatic heterocycles. The van der Waals surface area contributed by atoms with Crippen molar-refractivity contribution in [3.63, 3.8) is 0 Å². The van der Waals surface area contributed by atoms with Crippen LogP contribution in [0.3, 0.4) is 0 Å². The van der Waals surface area contributed by atoms with Crippen LogP contribution in [-0.2, 0) is 11.2 Å². The number of hydrogen-bond donors (Lipinski definition) is 0. The van der Waals surface area contributed by atoms with Crippen LogP contribution >= 0.6 is 0 Å². The molecule has 0 saturated carbocycles. The van der Waals surface area contributed by atoms with Crippen LogP contribution in [0.25, 0.3) is 0 Å². The van der Waals surface area contributed by atoms with Gasteiger partial charge in [-0.3, -0.25) is 9.69 Å². The molecule has 0 spiro atoms. The van der Waals surface area contributed by atoms with Crippen molar-refractivity contribution >= 4 is 11.5 Å². The normalized spacial score (nSPS) is 15.3. The van der Waals surface area contributed by atoms with Gasteiger partial charge in [-0.1, -0.05) is 50.2 Å². The highest BCUT2D eigenvalue weighted by Gasteiger charge is 2.30. The molecule has 0 aliphatic carbocycles. The zero-order chi connectivity index (χ0) is 23.9. The molecule has 176 valence electrons. The van der Waals surface area contributed by atoms with E-state index in [9.17, 15) is 10.1 Å². The fourth-order valence-corrected chi connectivity index (χ4v) is 4.88. The minimum Gasteiger partial charge on any atom is -0.447 e. The fraction of sp³-hybridized carbons (Fsp3) is 0.393. The molecular formula is C28H32N4O2. The van der Waals surface area contributed by atoms with Crippen molar-refractivity contribution < 1.29 is 9.21 Å². The second-order valence-electron chi connectivity index (χ2n) is 8.83. The van der Waals surface area contributed by atoms with Crippen LogP contribution in [0.2, 0.25) is 0 Å². The van der Waals surface area contributed by atoms with E-state index in [-0.39, 0.29) is 17.7 Å². The number of ketones is 1. The molecule has 1 atom stereocenters. The molecule has 1 fully saturated rings. The molecule has 3 aromatic rings. The Bertz CT molecular complexity index is 1110. The Morgan fingerprint density at radius 3 is 2.44 bits per heavy atom. The van der Waals surface area contributed by atoms with Crippen LogP contribution in [-0.4, -0.2) is 41.8 Å². The minimum absolute atomic E-state index is 0.0350. The summed E-state index contributed by atoms with van der Waals surface area (Å²) in [6, 6.07) is 18.5. The number of aromatic nitrogens is 1. The Labute approximate surface area is 201 Å². The van der Waals surface area contributed by atoms with Crippen LogP contribution in [0.15, 0.2) is 65.4 Å². The second-order valence-corrected chi connectivity index (χ2v) is 8.83. The maximum absolute atomic E-state index is 12.6. The molecule has 1 unspecified atom stereocenters. The van der Waals surface area contributed by atoms with Gasteiger partial charge < -0.3 is 9.32 Å². The summed E-state index contributed by atoms with van der Waals surface area (Å²) in [4.78, 5) is 21.6. The van der Waals surface area contributed by atoms with E-state index in [1.54, 1.807) is 12.5 Å². The molecule has 1 saturated heterocycles. The number of nitrogens with zero attached hydrogens (tertiary/aromatic N) is 4. The van der Waals surface area contributed by atoms with Crippen LogP contribution in [0.1, 0.15) is 55.3 Å². The van der Waals surface area contributed by atoms with Gasteiger partial charge in [-0.15, -0.1) is 0 Å². The van der Waals surface area contributed by atoms with E-state index in [2.05, 4.69) is 46.8 Å². The lowest BCUT2D eigenvalue weighted by atomic mass is 9.93. The van der Waals surface area contributed by atoms with Crippen LogP contribution < -0.4 is 4.90 Å². The highest BCUT2D eigenvalue weighted by atomic mass is 16.3. The monoisotopic (exact) mass is 456 g/mol. The molecule has 4 rings (SSSR count). The minimum atomic E-state index is -0.0350. The first kappa shape index (κ1) is 23.7. The smallest absolute Gasteiger partial charge is 0.215 e. The molecule has 34 heavy (non-hydrogen) atoms. The summed E-state index contributed by atoms with van der Waals surface area (Å²) in [5.41, 5.74) is 3.65. The Balaban J connectivity index is 1.47. The number of oxazole rings is 1. The maximum atomic E-state index is 12.6. The van der Waals surface area contributed by atoms with Crippen LogP contribution in [0.4, 0.5) is 5.69 Å². The van der Waals surface area contributed by atoms with Gasteiger partial charge in [0, 0.05) is 38.5 Å². The van der Waals surface area contributed by atoms with Crippen molar-refractivity contribution in [2.45, 2.75) is 39.2 Å². The summed E-state index contributed by atoms with van der Waals surface area (Å²) in [6.45, 7) is 7.35. The number of piperazine rings is 1. The van der Waals surface area contributed by atoms with Gasteiger partial charge in [0.2, 0.25) is 5.89 Å². The average molecular weight is 457 g/mol. The third-order valence-corrected chi connectivity index (χ3v) is 6.82. The molecule has 2 heterocycles. The lowest BCUT2D eigenvalue weighted by molar-refractivity contribution is -0.122. The number of Topliss-reactive ketones (excluding diaryl/α,β-unsaturated/α-hetero) is 1. The van der Waals surface area contributed by atoms with E-state index in [1.807, 2.05) is 36.4 Å². The molecule has 0 amide bonds. The zero-order valence-electron chi connectivity index (χ0n) is 20.0. The summed E-state index contributed by atoms with van der Waals surface area (Å²) in [5, 5.41) is 9.83. The number of anilines is 1. The molecule has 6 heteroatoms. The molecular weight excluding hydrogens is 424 g/mol. The molecule has 6 nitrogen and oxygen atoms in total. The third kappa shape index (κ3) is 5.21. The summed E-state index contributed by atoms with van der Waals surface area (Å²) < 4.78 is 5.69. The Hall–Kier alpha value is -3.43. The summed E-state index contributed by atoms with van der Waals surface area (Å²) in [5.74, 6) is 1.05. The van der Waals surface area contributed by atoms with Crippen molar-refractivity contribution in [3.8, 4) is 6.07 Å². The van der Waals surface area contributed by atoms with Gasteiger partial charge in [-0.2, -0.15) is 5.26 Å². The van der Waals surface area contributed by atoms with E-state index >= 15 is 0 Å². The Kier molecular flexibility index (Phi) is 7.76.